The number of aromatic nitrogens is 1. The number of carbonyl (C=O) groups excluding carboxylic acids is 1. The van der Waals surface area contributed by atoms with E-state index >= 15 is 0 Å². The quantitative estimate of drug-likeness (QED) is 0.783. The molecular weight excluding hydrogens is 336 g/mol. The first-order valence-corrected chi connectivity index (χ1v) is 8.65. The summed E-state index contributed by atoms with van der Waals surface area (Å²) in [5.41, 5.74) is 4.52. The van der Waals surface area contributed by atoms with E-state index in [1.54, 1.807) is 16.7 Å². The molecular formula is C19H18N2O3S. The molecule has 3 aromatic rings. The Hall–Kier alpha value is -2.73. The summed E-state index contributed by atoms with van der Waals surface area (Å²) in [6.45, 7) is 5.70. The number of benzene rings is 2. The Morgan fingerprint density at radius 1 is 1.08 bits per heavy atom. The maximum Gasteiger partial charge on any atom is 0.323 e. The third-order valence-corrected chi connectivity index (χ3v) is 5.13. The smallest absolute Gasteiger partial charge is 0.323 e. The first-order chi connectivity index (χ1) is 11.8. The number of hydrogen-bond donors (Lipinski definition) is 1. The normalized spacial score (nSPS) is 11.9. The van der Waals surface area contributed by atoms with Crippen molar-refractivity contribution >= 4 is 33.4 Å². The highest BCUT2D eigenvalue weighted by Crippen LogP contribution is 2.22. The van der Waals surface area contributed by atoms with Gasteiger partial charge in [-0.05, 0) is 56.2 Å². The maximum absolute atomic E-state index is 12.5. The highest BCUT2D eigenvalue weighted by Gasteiger charge is 2.12. The third kappa shape index (κ3) is 3.53. The van der Waals surface area contributed by atoms with Crippen LogP contribution in [0, 0.1) is 20.8 Å². The van der Waals surface area contributed by atoms with Crippen LogP contribution in [0.1, 0.15) is 27.0 Å². The van der Waals surface area contributed by atoms with Gasteiger partial charge in [0.1, 0.15) is 6.54 Å². The summed E-state index contributed by atoms with van der Waals surface area (Å²) in [6.07, 6.45) is 0. The Balaban J connectivity index is 2.18. The molecule has 0 bridgehead atoms. The van der Waals surface area contributed by atoms with Crippen LogP contribution in [0.15, 0.2) is 41.4 Å². The summed E-state index contributed by atoms with van der Waals surface area (Å²) in [6, 6.07) is 11.1. The van der Waals surface area contributed by atoms with E-state index in [9.17, 15) is 14.7 Å². The summed E-state index contributed by atoms with van der Waals surface area (Å²) in [4.78, 5) is 28.3. The second-order valence-electron chi connectivity index (χ2n) is 6.05. The van der Waals surface area contributed by atoms with E-state index in [0.717, 1.165) is 26.9 Å². The lowest BCUT2D eigenvalue weighted by atomic mass is 10.1. The second kappa shape index (κ2) is 6.64. The molecule has 6 heteroatoms. The highest BCUT2D eigenvalue weighted by molar-refractivity contribution is 7.16. The predicted octanol–water partition coefficient (Wildman–Crippen LogP) is 3.45. The Kier molecular flexibility index (Phi) is 4.55. The Bertz CT molecular complexity index is 1040. The van der Waals surface area contributed by atoms with E-state index in [0.29, 0.717) is 10.4 Å². The lowest BCUT2D eigenvalue weighted by Gasteiger charge is -2.04. The zero-order valence-electron chi connectivity index (χ0n) is 14.2. The van der Waals surface area contributed by atoms with Crippen molar-refractivity contribution < 1.29 is 14.7 Å². The standard InChI is InChI=1S/C19H18N2O3S/c1-11-4-6-14(7-5-11)18(24)20-19-21(10-17(22)23)15-8-12(2)13(3)9-16(15)25-19/h4-9H,10H2,1-3H3,(H,22,23)/b20-19-. The maximum atomic E-state index is 12.5. The molecule has 1 N–H and O–H groups in total. The molecule has 0 aliphatic rings. The van der Waals surface area contributed by atoms with Crippen molar-refractivity contribution in [2.75, 3.05) is 0 Å². The number of rotatable bonds is 3. The molecule has 2 aromatic carbocycles. The van der Waals surface area contributed by atoms with Gasteiger partial charge in [0.05, 0.1) is 10.2 Å². The molecule has 0 fully saturated rings. The fraction of sp³-hybridized carbons (Fsp3) is 0.211. The van der Waals surface area contributed by atoms with Gasteiger partial charge in [-0.1, -0.05) is 29.0 Å². The van der Waals surface area contributed by atoms with Crippen molar-refractivity contribution in [2.45, 2.75) is 27.3 Å². The van der Waals surface area contributed by atoms with E-state index in [-0.39, 0.29) is 12.5 Å². The molecule has 0 radical (unpaired) electrons. The van der Waals surface area contributed by atoms with Gasteiger partial charge >= 0.3 is 5.97 Å². The van der Waals surface area contributed by atoms with Crippen molar-refractivity contribution in [2.24, 2.45) is 4.99 Å². The topological polar surface area (TPSA) is 71.7 Å². The number of thiazole rings is 1. The first kappa shape index (κ1) is 17.1. The van der Waals surface area contributed by atoms with E-state index < -0.39 is 5.97 Å². The number of aryl methyl sites for hydroxylation is 3. The number of carbonyl (C=O) groups is 2. The summed E-state index contributed by atoms with van der Waals surface area (Å²) in [7, 11) is 0. The molecule has 1 heterocycles. The number of fused-ring (bicyclic) bond motifs is 1. The van der Waals surface area contributed by atoms with Crippen molar-refractivity contribution in [3.8, 4) is 0 Å². The van der Waals surface area contributed by atoms with Gasteiger partial charge in [-0.15, -0.1) is 0 Å². The van der Waals surface area contributed by atoms with Crippen LogP contribution >= 0.6 is 11.3 Å². The van der Waals surface area contributed by atoms with Crippen molar-refractivity contribution in [1.29, 1.82) is 0 Å². The zero-order chi connectivity index (χ0) is 18.1. The van der Waals surface area contributed by atoms with Crippen LogP contribution in [-0.4, -0.2) is 21.6 Å². The molecule has 0 saturated heterocycles. The van der Waals surface area contributed by atoms with Gasteiger partial charge in [0, 0.05) is 5.56 Å². The minimum absolute atomic E-state index is 0.234. The lowest BCUT2D eigenvalue weighted by molar-refractivity contribution is -0.137. The number of amides is 1. The van der Waals surface area contributed by atoms with Gasteiger partial charge in [-0.2, -0.15) is 4.99 Å². The fourth-order valence-corrected chi connectivity index (χ4v) is 3.65. The lowest BCUT2D eigenvalue weighted by Crippen LogP contribution is -2.21. The second-order valence-corrected chi connectivity index (χ2v) is 7.06. The molecule has 128 valence electrons. The summed E-state index contributed by atoms with van der Waals surface area (Å²) in [5, 5.41) is 9.23. The molecule has 0 saturated carbocycles. The van der Waals surface area contributed by atoms with Crippen LogP contribution in [0.25, 0.3) is 10.2 Å². The Morgan fingerprint density at radius 3 is 2.36 bits per heavy atom. The largest absolute Gasteiger partial charge is 0.480 e. The van der Waals surface area contributed by atoms with Crippen LogP contribution in [0.3, 0.4) is 0 Å². The molecule has 0 unspecified atom stereocenters. The van der Waals surface area contributed by atoms with Crippen molar-refractivity contribution in [3.05, 3.63) is 63.5 Å². The monoisotopic (exact) mass is 354 g/mol. The molecule has 0 atom stereocenters. The van der Waals surface area contributed by atoms with Crippen LogP contribution in [-0.2, 0) is 11.3 Å². The van der Waals surface area contributed by atoms with Gasteiger partial charge < -0.3 is 9.67 Å². The Morgan fingerprint density at radius 2 is 1.72 bits per heavy atom. The zero-order valence-corrected chi connectivity index (χ0v) is 15.1. The van der Waals surface area contributed by atoms with E-state index in [1.165, 1.54) is 11.3 Å². The minimum Gasteiger partial charge on any atom is -0.480 e. The van der Waals surface area contributed by atoms with Crippen molar-refractivity contribution in [3.63, 3.8) is 0 Å². The van der Waals surface area contributed by atoms with Gasteiger partial charge in [-0.25, -0.2) is 0 Å². The number of hydrogen-bond acceptors (Lipinski definition) is 3. The van der Waals surface area contributed by atoms with E-state index in [4.69, 9.17) is 0 Å². The van der Waals surface area contributed by atoms with Crippen LogP contribution in [0.5, 0.6) is 0 Å². The minimum atomic E-state index is -0.970. The molecule has 0 spiro atoms. The number of nitrogens with zero attached hydrogens (tertiary/aromatic N) is 2. The number of carboxylic acid groups (broad SMARTS) is 1. The number of carboxylic acids is 1. The molecule has 1 amide bonds. The van der Waals surface area contributed by atoms with E-state index in [2.05, 4.69) is 4.99 Å². The van der Waals surface area contributed by atoms with Gasteiger partial charge in [0.25, 0.3) is 5.91 Å². The highest BCUT2D eigenvalue weighted by atomic mass is 32.1. The molecule has 25 heavy (non-hydrogen) atoms. The van der Waals surface area contributed by atoms with Crippen LogP contribution in [0.2, 0.25) is 0 Å². The van der Waals surface area contributed by atoms with Crippen LogP contribution in [0.4, 0.5) is 0 Å². The van der Waals surface area contributed by atoms with E-state index in [1.807, 2.05) is 45.0 Å². The molecule has 1 aromatic heterocycles. The summed E-state index contributed by atoms with van der Waals surface area (Å²) < 4.78 is 2.50. The van der Waals surface area contributed by atoms with Gasteiger partial charge in [0.2, 0.25) is 0 Å². The average Bonchev–Trinajstić information content (AvgIpc) is 2.85. The molecule has 3 rings (SSSR count). The predicted molar refractivity (Wildman–Crippen MR) is 98.0 cm³/mol. The molecule has 5 nitrogen and oxygen atoms in total. The first-order valence-electron chi connectivity index (χ1n) is 7.83. The van der Waals surface area contributed by atoms with Crippen LogP contribution < -0.4 is 4.80 Å². The Labute approximate surface area is 148 Å². The van der Waals surface area contributed by atoms with Gasteiger partial charge in [0.15, 0.2) is 4.80 Å². The summed E-state index contributed by atoms with van der Waals surface area (Å²) in [5.74, 6) is -1.35. The molecule has 0 aliphatic heterocycles. The van der Waals surface area contributed by atoms with Gasteiger partial charge in [-0.3, -0.25) is 9.59 Å². The fourth-order valence-electron chi connectivity index (χ4n) is 2.54. The third-order valence-electron chi connectivity index (χ3n) is 4.09. The molecule has 0 aliphatic carbocycles. The summed E-state index contributed by atoms with van der Waals surface area (Å²) >= 11 is 1.33. The SMILES string of the molecule is Cc1ccc(C(=O)/N=c2\sc3cc(C)c(C)cc3n2CC(=O)O)cc1. The van der Waals surface area contributed by atoms with Crippen molar-refractivity contribution in [1.82, 2.24) is 4.57 Å². The number of aliphatic carboxylic acids is 1. The average molecular weight is 354 g/mol.